The number of carbonyl (C=O) groups excluding carboxylic acids is 2. The molecule has 0 spiro atoms. The van der Waals surface area contributed by atoms with Gasteiger partial charge in [0.2, 0.25) is 5.91 Å². The van der Waals surface area contributed by atoms with E-state index >= 15 is 0 Å². The first-order valence-corrected chi connectivity index (χ1v) is 14.2. The molecule has 0 aliphatic carbocycles. The zero-order valence-electron chi connectivity index (χ0n) is 22.4. The Labute approximate surface area is 239 Å². The maximum absolute atomic E-state index is 13.8. The normalized spacial score (nSPS) is 12.6. The summed E-state index contributed by atoms with van der Waals surface area (Å²) in [6.45, 7) is 8.24. The minimum atomic E-state index is -0.728. The van der Waals surface area contributed by atoms with E-state index in [1.807, 2.05) is 80.6 Å². The molecule has 0 saturated carbocycles. The van der Waals surface area contributed by atoms with Crippen LogP contribution in [0, 0.1) is 0 Å². The fourth-order valence-electron chi connectivity index (χ4n) is 4.04. The standard InChI is InChI=1S/C31H36BrClN2O3/c1-5-22(4)34-31(37)28(17-23-10-7-6-8-11-23)35(19-24-12-9-13-26(33)16-24)30(36)20-38-29-15-14-25(21(2)3)18-27(29)32/h6-16,18,21-22,28H,5,17,19-20H2,1-4H3,(H,34,37). The first-order valence-electron chi connectivity index (χ1n) is 13.0. The zero-order valence-corrected chi connectivity index (χ0v) is 24.8. The molecule has 3 aromatic rings. The van der Waals surface area contributed by atoms with Crippen molar-refractivity contribution < 1.29 is 14.3 Å². The van der Waals surface area contributed by atoms with Crippen LogP contribution in [0.15, 0.2) is 77.3 Å². The van der Waals surface area contributed by atoms with Crippen molar-refractivity contribution in [2.24, 2.45) is 0 Å². The van der Waals surface area contributed by atoms with Gasteiger partial charge in [-0.25, -0.2) is 0 Å². The molecular formula is C31H36BrClN2O3. The second kappa shape index (κ2) is 14.4. The van der Waals surface area contributed by atoms with Gasteiger partial charge in [0.15, 0.2) is 6.61 Å². The quantitative estimate of drug-likeness (QED) is 0.240. The molecule has 1 N–H and O–H groups in total. The molecule has 0 aromatic heterocycles. The average Bonchev–Trinajstić information content (AvgIpc) is 2.90. The molecule has 0 aliphatic heterocycles. The Balaban J connectivity index is 1.91. The van der Waals surface area contributed by atoms with Crippen molar-refractivity contribution >= 4 is 39.3 Å². The predicted octanol–water partition coefficient (Wildman–Crippen LogP) is 7.16. The van der Waals surface area contributed by atoms with Gasteiger partial charge in [-0.05, 0) is 76.1 Å². The second-order valence-corrected chi connectivity index (χ2v) is 11.1. The van der Waals surface area contributed by atoms with Crippen LogP contribution in [0.2, 0.25) is 5.02 Å². The molecule has 38 heavy (non-hydrogen) atoms. The van der Waals surface area contributed by atoms with Crippen LogP contribution in [0.25, 0.3) is 0 Å². The summed E-state index contributed by atoms with van der Waals surface area (Å²) in [5, 5.41) is 3.65. The minimum Gasteiger partial charge on any atom is -0.483 e. The molecule has 2 amide bonds. The summed E-state index contributed by atoms with van der Waals surface area (Å²) in [5.74, 6) is 0.471. The van der Waals surface area contributed by atoms with Gasteiger partial charge in [-0.3, -0.25) is 9.59 Å². The van der Waals surface area contributed by atoms with Gasteiger partial charge in [0.25, 0.3) is 5.91 Å². The molecule has 2 atom stereocenters. The molecule has 0 aliphatic rings. The maximum Gasteiger partial charge on any atom is 0.261 e. The number of rotatable bonds is 12. The number of amides is 2. The summed E-state index contributed by atoms with van der Waals surface area (Å²) >= 11 is 9.82. The lowest BCUT2D eigenvalue weighted by Gasteiger charge is -2.32. The highest BCUT2D eigenvalue weighted by Gasteiger charge is 2.31. The van der Waals surface area contributed by atoms with Crippen LogP contribution in [0.4, 0.5) is 0 Å². The van der Waals surface area contributed by atoms with Crippen molar-refractivity contribution in [1.29, 1.82) is 0 Å². The minimum absolute atomic E-state index is 0.0180. The molecule has 0 fully saturated rings. The number of ether oxygens (including phenoxy) is 1. The lowest BCUT2D eigenvalue weighted by Crippen LogP contribution is -2.53. The number of nitrogens with one attached hydrogen (secondary N) is 1. The molecule has 5 nitrogen and oxygen atoms in total. The molecule has 0 bridgehead atoms. The van der Waals surface area contributed by atoms with Crippen LogP contribution >= 0.6 is 27.5 Å². The number of hydrogen-bond donors (Lipinski definition) is 1. The summed E-state index contributed by atoms with van der Waals surface area (Å²) in [7, 11) is 0. The van der Waals surface area contributed by atoms with Crippen molar-refractivity contribution in [3.8, 4) is 5.75 Å². The zero-order chi connectivity index (χ0) is 27.7. The number of halogens is 2. The van der Waals surface area contributed by atoms with Gasteiger partial charge in [-0.2, -0.15) is 0 Å². The first-order chi connectivity index (χ1) is 18.2. The third kappa shape index (κ3) is 8.60. The van der Waals surface area contributed by atoms with Crippen LogP contribution in [-0.2, 0) is 22.6 Å². The number of hydrogen-bond acceptors (Lipinski definition) is 3. The third-order valence-electron chi connectivity index (χ3n) is 6.49. The summed E-state index contributed by atoms with van der Waals surface area (Å²) < 4.78 is 6.75. The van der Waals surface area contributed by atoms with Crippen molar-refractivity contribution in [2.45, 2.75) is 65.1 Å². The SMILES string of the molecule is CCC(C)NC(=O)C(Cc1ccccc1)N(Cc1cccc(Cl)c1)C(=O)COc1ccc(C(C)C)cc1Br. The third-order valence-corrected chi connectivity index (χ3v) is 7.34. The topological polar surface area (TPSA) is 58.6 Å². The average molecular weight is 600 g/mol. The van der Waals surface area contributed by atoms with Gasteiger partial charge in [-0.1, -0.05) is 80.9 Å². The monoisotopic (exact) mass is 598 g/mol. The van der Waals surface area contributed by atoms with Crippen molar-refractivity contribution in [2.75, 3.05) is 6.61 Å². The van der Waals surface area contributed by atoms with Crippen molar-refractivity contribution in [3.63, 3.8) is 0 Å². The van der Waals surface area contributed by atoms with E-state index in [2.05, 4.69) is 35.1 Å². The van der Waals surface area contributed by atoms with Gasteiger partial charge in [0, 0.05) is 24.0 Å². The first kappa shape index (κ1) is 29.7. The van der Waals surface area contributed by atoms with Crippen LogP contribution in [0.3, 0.4) is 0 Å². The highest BCUT2D eigenvalue weighted by molar-refractivity contribution is 9.10. The van der Waals surface area contributed by atoms with Gasteiger partial charge in [-0.15, -0.1) is 0 Å². The molecule has 3 aromatic carbocycles. The molecule has 7 heteroatoms. The van der Waals surface area contributed by atoms with E-state index in [9.17, 15) is 9.59 Å². The highest BCUT2D eigenvalue weighted by Crippen LogP contribution is 2.29. The van der Waals surface area contributed by atoms with E-state index in [1.54, 1.807) is 11.0 Å². The lowest BCUT2D eigenvalue weighted by molar-refractivity contribution is -0.143. The smallest absolute Gasteiger partial charge is 0.261 e. The molecule has 0 saturated heterocycles. The highest BCUT2D eigenvalue weighted by atomic mass is 79.9. The van der Waals surface area contributed by atoms with E-state index < -0.39 is 6.04 Å². The van der Waals surface area contributed by atoms with Gasteiger partial charge < -0.3 is 15.0 Å². The number of carbonyl (C=O) groups is 2. The van der Waals surface area contributed by atoms with Crippen LogP contribution in [0.1, 0.15) is 56.7 Å². The van der Waals surface area contributed by atoms with Gasteiger partial charge in [0.05, 0.1) is 4.47 Å². The van der Waals surface area contributed by atoms with E-state index in [1.165, 1.54) is 5.56 Å². The van der Waals surface area contributed by atoms with Gasteiger partial charge >= 0.3 is 0 Å². The van der Waals surface area contributed by atoms with Crippen molar-refractivity contribution in [3.05, 3.63) is 99.0 Å². The van der Waals surface area contributed by atoms with E-state index in [0.717, 1.165) is 22.0 Å². The fraction of sp³-hybridized carbons (Fsp3) is 0.355. The second-order valence-electron chi connectivity index (χ2n) is 9.81. The molecule has 2 unspecified atom stereocenters. The number of nitrogens with zero attached hydrogens (tertiary/aromatic N) is 1. The summed E-state index contributed by atoms with van der Waals surface area (Å²) in [6.07, 6.45) is 1.16. The van der Waals surface area contributed by atoms with E-state index in [4.69, 9.17) is 16.3 Å². The van der Waals surface area contributed by atoms with Gasteiger partial charge in [0.1, 0.15) is 11.8 Å². The maximum atomic E-state index is 13.8. The van der Waals surface area contributed by atoms with E-state index in [0.29, 0.717) is 23.1 Å². The Morgan fingerprint density at radius 2 is 1.68 bits per heavy atom. The fourth-order valence-corrected chi connectivity index (χ4v) is 4.77. The van der Waals surface area contributed by atoms with Crippen LogP contribution in [-0.4, -0.2) is 35.4 Å². The van der Waals surface area contributed by atoms with Crippen molar-refractivity contribution in [1.82, 2.24) is 10.2 Å². The summed E-state index contributed by atoms with van der Waals surface area (Å²) in [4.78, 5) is 28.9. The predicted molar refractivity (Wildman–Crippen MR) is 158 cm³/mol. The largest absolute Gasteiger partial charge is 0.483 e. The Hall–Kier alpha value is -2.83. The summed E-state index contributed by atoms with van der Waals surface area (Å²) in [6, 6.07) is 22.2. The molecule has 3 rings (SSSR count). The Bertz CT molecular complexity index is 1220. The molecular weight excluding hydrogens is 564 g/mol. The van der Waals surface area contributed by atoms with Crippen LogP contribution < -0.4 is 10.1 Å². The van der Waals surface area contributed by atoms with E-state index in [-0.39, 0.29) is 31.0 Å². The Kier molecular flexibility index (Phi) is 11.2. The molecule has 0 heterocycles. The Morgan fingerprint density at radius 3 is 2.32 bits per heavy atom. The summed E-state index contributed by atoms with van der Waals surface area (Å²) in [5.41, 5.74) is 2.97. The lowest BCUT2D eigenvalue weighted by atomic mass is 10.0. The molecule has 202 valence electrons. The van der Waals surface area contributed by atoms with Crippen LogP contribution in [0.5, 0.6) is 5.75 Å². The Morgan fingerprint density at radius 1 is 0.974 bits per heavy atom. The molecule has 0 radical (unpaired) electrons. The number of benzene rings is 3.